The third kappa shape index (κ3) is 3.86. The van der Waals surface area contributed by atoms with Gasteiger partial charge in [0.1, 0.15) is 0 Å². The fourth-order valence-corrected chi connectivity index (χ4v) is 4.34. The Morgan fingerprint density at radius 1 is 1.03 bits per heavy atom. The fraction of sp³-hybridized carbons (Fsp3) is 0.360. The number of thiocarbonyl (C=S) groups is 1. The lowest BCUT2D eigenvalue weighted by molar-refractivity contribution is 0.397. The van der Waals surface area contributed by atoms with E-state index in [9.17, 15) is 0 Å². The lowest BCUT2D eigenvalue weighted by Crippen LogP contribution is -2.29. The first-order valence-electron chi connectivity index (χ1n) is 10.5. The van der Waals surface area contributed by atoms with E-state index in [-0.39, 0.29) is 17.6 Å². The Bertz CT molecular complexity index is 1020. The van der Waals surface area contributed by atoms with Crippen LogP contribution in [0.3, 0.4) is 0 Å². The highest BCUT2D eigenvalue weighted by molar-refractivity contribution is 7.80. The molecule has 0 radical (unpaired) electrons. The first kappa shape index (κ1) is 20.6. The molecule has 1 fully saturated rings. The number of benzene rings is 1. The summed E-state index contributed by atoms with van der Waals surface area (Å²) in [4.78, 5) is 6.87. The van der Waals surface area contributed by atoms with E-state index in [1.807, 2.05) is 18.3 Å². The summed E-state index contributed by atoms with van der Waals surface area (Å²) in [5, 5.41) is 4.27. The molecule has 1 saturated heterocycles. The minimum absolute atomic E-state index is 0.0145. The number of pyridine rings is 1. The monoisotopic (exact) mass is 418 g/mol. The van der Waals surface area contributed by atoms with Crippen LogP contribution in [0.1, 0.15) is 69.4 Å². The van der Waals surface area contributed by atoms with E-state index in [1.165, 1.54) is 11.1 Å². The summed E-state index contributed by atoms with van der Waals surface area (Å²) in [5.74, 6) is 0.501. The van der Waals surface area contributed by atoms with Gasteiger partial charge in [-0.25, -0.2) is 0 Å². The van der Waals surface area contributed by atoms with Crippen LogP contribution >= 0.6 is 12.2 Å². The summed E-state index contributed by atoms with van der Waals surface area (Å²) in [6, 6.07) is 17.0. The number of nitrogens with zero attached hydrogens (tertiary/aromatic N) is 3. The Labute approximate surface area is 184 Å². The highest BCUT2D eigenvalue weighted by atomic mass is 32.1. The van der Waals surface area contributed by atoms with Crippen LogP contribution in [0.15, 0.2) is 67.1 Å². The van der Waals surface area contributed by atoms with E-state index in [0.717, 1.165) is 16.5 Å². The van der Waals surface area contributed by atoms with Crippen LogP contribution in [0.25, 0.3) is 0 Å². The van der Waals surface area contributed by atoms with E-state index in [4.69, 9.17) is 12.2 Å². The van der Waals surface area contributed by atoms with Gasteiger partial charge >= 0.3 is 0 Å². The maximum atomic E-state index is 5.82. The van der Waals surface area contributed by atoms with E-state index < -0.39 is 0 Å². The molecule has 2 aromatic heterocycles. The van der Waals surface area contributed by atoms with Gasteiger partial charge in [0.15, 0.2) is 5.11 Å². The van der Waals surface area contributed by atoms with Gasteiger partial charge in [0.05, 0.1) is 17.8 Å². The van der Waals surface area contributed by atoms with Gasteiger partial charge in [0.25, 0.3) is 0 Å². The highest BCUT2D eigenvalue weighted by Gasteiger charge is 2.41. The summed E-state index contributed by atoms with van der Waals surface area (Å²) >= 11 is 5.82. The second kappa shape index (κ2) is 7.88. The van der Waals surface area contributed by atoms with Crippen molar-refractivity contribution in [3.05, 3.63) is 83.9 Å². The van der Waals surface area contributed by atoms with Crippen LogP contribution in [0.4, 0.5) is 5.69 Å². The van der Waals surface area contributed by atoms with E-state index in [0.29, 0.717) is 5.92 Å². The molecule has 0 amide bonds. The summed E-state index contributed by atoms with van der Waals surface area (Å²) in [6.07, 6.45) is 6.25. The molecule has 3 aromatic rings. The Kier molecular flexibility index (Phi) is 5.41. The second-order valence-electron chi connectivity index (χ2n) is 9.27. The molecule has 5 heteroatoms. The molecular formula is C25H30N4S. The predicted molar refractivity (Wildman–Crippen MR) is 128 cm³/mol. The molecule has 2 atom stereocenters. The van der Waals surface area contributed by atoms with Gasteiger partial charge in [-0.1, -0.05) is 32.0 Å². The van der Waals surface area contributed by atoms with Crippen molar-refractivity contribution in [3.8, 4) is 0 Å². The van der Waals surface area contributed by atoms with Gasteiger partial charge < -0.3 is 14.8 Å². The van der Waals surface area contributed by atoms with Gasteiger partial charge in [-0.2, -0.15) is 0 Å². The van der Waals surface area contributed by atoms with Crippen molar-refractivity contribution < 1.29 is 0 Å². The Balaban J connectivity index is 1.79. The first-order chi connectivity index (χ1) is 14.3. The predicted octanol–water partition coefficient (Wildman–Crippen LogP) is 5.94. The normalized spacial score (nSPS) is 19.4. The maximum Gasteiger partial charge on any atom is 0.174 e. The molecular weight excluding hydrogens is 388 g/mol. The molecule has 30 heavy (non-hydrogen) atoms. The van der Waals surface area contributed by atoms with Crippen molar-refractivity contribution >= 4 is 23.0 Å². The van der Waals surface area contributed by atoms with Gasteiger partial charge in [0, 0.05) is 29.8 Å². The molecule has 0 unspecified atom stereocenters. The Morgan fingerprint density at radius 3 is 2.33 bits per heavy atom. The van der Waals surface area contributed by atoms with Gasteiger partial charge in [-0.05, 0) is 80.4 Å². The summed E-state index contributed by atoms with van der Waals surface area (Å²) in [5.41, 5.74) is 4.67. The van der Waals surface area contributed by atoms with Crippen LogP contribution in [-0.2, 0) is 5.54 Å². The average molecular weight is 419 g/mol. The molecule has 0 saturated carbocycles. The quantitative estimate of drug-likeness (QED) is 0.532. The van der Waals surface area contributed by atoms with Gasteiger partial charge in [-0.15, -0.1) is 0 Å². The number of nitrogens with one attached hydrogen (secondary N) is 1. The second-order valence-corrected chi connectivity index (χ2v) is 9.65. The number of aromatic nitrogens is 2. The van der Waals surface area contributed by atoms with Crippen molar-refractivity contribution in [1.82, 2.24) is 14.9 Å². The highest BCUT2D eigenvalue weighted by Crippen LogP contribution is 2.42. The van der Waals surface area contributed by atoms with Crippen molar-refractivity contribution in [2.45, 2.75) is 58.2 Å². The SMILES string of the molecule is CC(C)c1ccc(N2C(=S)N[C@H](c3ccccn3)[C@H]2c2ccn(C(C)(C)C)c2)cc1. The molecule has 156 valence electrons. The standard InChI is InChI=1S/C25H30N4S/c1-17(2)18-9-11-20(12-10-18)29-23(19-13-15-28(16-19)25(3,4)5)22(27-24(29)30)21-8-6-7-14-26-21/h6-17,22-23H,1-5H3,(H,27,30)/t22-,23-/m1/s1. The first-order valence-corrected chi connectivity index (χ1v) is 11.0. The van der Waals surface area contributed by atoms with Crippen molar-refractivity contribution in [2.24, 2.45) is 0 Å². The molecule has 4 nitrogen and oxygen atoms in total. The number of rotatable bonds is 4. The lowest BCUT2D eigenvalue weighted by Gasteiger charge is -2.28. The number of hydrogen-bond acceptors (Lipinski definition) is 2. The van der Waals surface area contributed by atoms with Crippen LogP contribution in [0, 0.1) is 0 Å². The molecule has 1 aliphatic rings. The van der Waals surface area contributed by atoms with Gasteiger partial charge in [-0.3, -0.25) is 4.98 Å². The molecule has 3 heterocycles. The number of hydrogen-bond donors (Lipinski definition) is 1. The zero-order valence-corrected chi connectivity index (χ0v) is 19.1. The minimum Gasteiger partial charge on any atom is -0.351 e. The van der Waals surface area contributed by atoms with Crippen LogP contribution in [-0.4, -0.2) is 14.7 Å². The van der Waals surface area contributed by atoms with Gasteiger partial charge in [0.2, 0.25) is 0 Å². The average Bonchev–Trinajstić information content (AvgIpc) is 3.33. The van der Waals surface area contributed by atoms with Crippen molar-refractivity contribution in [3.63, 3.8) is 0 Å². The minimum atomic E-state index is -0.0145. The Hall–Kier alpha value is -2.66. The van der Waals surface area contributed by atoms with E-state index >= 15 is 0 Å². The third-order valence-electron chi connectivity index (χ3n) is 5.77. The third-order valence-corrected chi connectivity index (χ3v) is 6.08. The summed E-state index contributed by atoms with van der Waals surface area (Å²) in [7, 11) is 0. The molecule has 1 aliphatic heterocycles. The largest absolute Gasteiger partial charge is 0.351 e. The lowest BCUT2D eigenvalue weighted by atomic mass is 9.98. The van der Waals surface area contributed by atoms with Crippen LogP contribution < -0.4 is 10.2 Å². The smallest absolute Gasteiger partial charge is 0.174 e. The summed E-state index contributed by atoms with van der Waals surface area (Å²) < 4.78 is 2.26. The number of anilines is 1. The molecule has 0 aliphatic carbocycles. The van der Waals surface area contributed by atoms with Crippen molar-refractivity contribution in [1.29, 1.82) is 0 Å². The fourth-order valence-electron chi connectivity index (χ4n) is 4.00. The molecule has 0 bridgehead atoms. The van der Waals surface area contributed by atoms with E-state index in [2.05, 4.69) is 103 Å². The molecule has 0 spiro atoms. The molecule has 1 N–H and O–H groups in total. The van der Waals surface area contributed by atoms with Crippen LogP contribution in [0.2, 0.25) is 0 Å². The zero-order valence-electron chi connectivity index (χ0n) is 18.3. The zero-order chi connectivity index (χ0) is 21.5. The van der Waals surface area contributed by atoms with E-state index in [1.54, 1.807) is 0 Å². The molecule has 4 rings (SSSR count). The molecule has 1 aromatic carbocycles. The maximum absolute atomic E-state index is 5.82. The van der Waals surface area contributed by atoms with Crippen molar-refractivity contribution in [2.75, 3.05) is 4.90 Å². The van der Waals surface area contributed by atoms with Crippen LogP contribution in [0.5, 0.6) is 0 Å². The Morgan fingerprint density at radius 2 is 1.77 bits per heavy atom. The summed E-state index contributed by atoms with van der Waals surface area (Å²) in [6.45, 7) is 11.1. The topological polar surface area (TPSA) is 33.1 Å².